The van der Waals surface area contributed by atoms with Crippen LogP contribution in [0.1, 0.15) is 58.7 Å². The van der Waals surface area contributed by atoms with Crippen LogP contribution in [0.3, 0.4) is 0 Å². The van der Waals surface area contributed by atoms with Gasteiger partial charge < -0.3 is 5.11 Å². The molecule has 0 aliphatic rings. The molecule has 3 aromatic rings. The van der Waals surface area contributed by atoms with Gasteiger partial charge in [-0.1, -0.05) is 84.4 Å². The second kappa shape index (κ2) is 12.7. The maximum atomic E-state index is 9.99. The molecule has 0 saturated carbocycles. The van der Waals surface area contributed by atoms with Crippen molar-refractivity contribution in [2.24, 2.45) is 0 Å². The average molecular weight is 480 g/mol. The summed E-state index contributed by atoms with van der Waals surface area (Å²) < 4.78 is 0. The minimum atomic E-state index is -0.556. The van der Waals surface area contributed by atoms with Crippen molar-refractivity contribution in [3.05, 3.63) is 81.4 Å². The number of phenolic OH excluding ortho intramolecular Hbond substituents is 1. The van der Waals surface area contributed by atoms with E-state index in [-0.39, 0.29) is 0 Å². The third-order valence-corrected chi connectivity index (χ3v) is 5.84. The molecule has 0 radical (unpaired) electrons. The van der Waals surface area contributed by atoms with E-state index < -0.39 is 17.0 Å². The molecular formula is C26H33Cl2OTi-. The van der Waals surface area contributed by atoms with Crippen LogP contribution in [0, 0.1) is 41.5 Å². The fourth-order valence-corrected chi connectivity index (χ4v) is 3.52. The van der Waals surface area contributed by atoms with Crippen LogP contribution < -0.4 is 0 Å². The van der Waals surface area contributed by atoms with Gasteiger partial charge in [-0.2, -0.15) is 27.8 Å². The quantitative estimate of drug-likeness (QED) is 0.287. The Morgan fingerprint density at radius 3 is 1.77 bits per heavy atom. The standard InChI is InChI=1S/C16H18O.C10H15.2ClH.Ti/c1-11(2)13-6-4-5-7-14(13)15-10-12(3)8-9-16(15)17;1-6-7(2)9(4)10(5)8(6)3;;;/h4-11,17H,1-3H3;1-5H3;2*1H;/q;-1;;;+2/p-2. The third-order valence-electron chi connectivity index (χ3n) is 5.84. The SMILES string of the molecule is Cc1c(C)c(C)[c-](C)c1C.Cc1ccc(O)c(-c2ccccc2C(C)C)c1.[Cl][Ti][Cl]. The van der Waals surface area contributed by atoms with Crippen molar-refractivity contribution in [1.29, 1.82) is 0 Å². The van der Waals surface area contributed by atoms with Gasteiger partial charge in [0.1, 0.15) is 5.75 Å². The van der Waals surface area contributed by atoms with Crippen LogP contribution in [0.5, 0.6) is 5.75 Å². The molecule has 0 aromatic heterocycles. The van der Waals surface area contributed by atoms with E-state index in [0.29, 0.717) is 11.7 Å². The number of benzene rings is 2. The number of aryl methyl sites for hydroxylation is 1. The predicted molar refractivity (Wildman–Crippen MR) is 130 cm³/mol. The summed E-state index contributed by atoms with van der Waals surface area (Å²) in [6, 6.07) is 14.0. The molecule has 1 nitrogen and oxygen atoms in total. The monoisotopic (exact) mass is 479 g/mol. The van der Waals surface area contributed by atoms with Crippen molar-refractivity contribution in [3.63, 3.8) is 0 Å². The Bertz CT molecular complexity index is 878. The molecule has 0 heterocycles. The molecule has 0 amide bonds. The van der Waals surface area contributed by atoms with Crippen LogP contribution in [0.25, 0.3) is 11.1 Å². The van der Waals surface area contributed by atoms with Crippen molar-refractivity contribution in [3.8, 4) is 16.9 Å². The van der Waals surface area contributed by atoms with Crippen molar-refractivity contribution < 1.29 is 22.1 Å². The number of hydrogen-bond acceptors (Lipinski definition) is 1. The Hall–Kier alpha value is -1.12. The van der Waals surface area contributed by atoms with E-state index >= 15 is 0 Å². The van der Waals surface area contributed by atoms with E-state index in [4.69, 9.17) is 18.6 Å². The van der Waals surface area contributed by atoms with Crippen molar-refractivity contribution >= 4 is 18.6 Å². The van der Waals surface area contributed by atoms with Gasteiger partial charge in [-0.3, -0.25) is 0 Å². The van der Waals surface area contributed by atoms with E-state index in [1.807, 2.05) is 31.2 Å². The van der Waals surface area contributed by atoms with Crippen molar-refractivity contribution in [2.75, 3.05) is 0 Å². The van der Waals surface area contributed by atoms with Gasteiger partial charge in [-0.25, -0.2) is 0 Å². The molecular weight excluding hydrogens is 447 g/mol. The molecule has 0 aliphatic heterocycles. The molecule has 0 atom stereocenters. The van der Waals surface area contributed by atoms with Crippen LogP contribution in [-0.2, 0) is 17.0 Å². The molecule has 0 unspecified atom stereocenters. The summed E-state index contributed by atoms with van der Waals surface area (Å²) >= 11 is -0.556. The normalized spacial score (nSPS) is 10.1. The summed E-state index contributed by atoms with van der Waals surface area (Å²) in [6.45, 7) is 17.4. The van der Waals surface area contributed by atoms with Crippen LogP contribution in [-0.4, -0.2) is 5.11 Å². The Kier molecular flexibility index (Phi) is 11.4. The zero-order valence-corrected chi connectivity index (χ0v) is 22.4. The first-order valence-electron chi connectivity index (χ1n) is 10.1. The molecule has 30 heavy (non-hydrogen) atoms. The summed E-state index contributed by atoms with van der Waals surface area (Å²) in [7, 11) is 9.78. The number of aromatic hydroxyl groups is 1. The second-order valence-corrected chi connectivity index (χ2v) is 10.5. The minimum absolute atomic E-state index is 0.351. The first-order chi connectivity index (χ1) is 14.1. The number of hydrogen-bond donors (Lipinski definition) is 1. The zero-order valence-electron chi connectivity index (χ0n) is 19.3. The topological polar surface area (TPSA) is 20.2 Å². The van der Waals surface area contributed by atoms with E-state index in [1.165, 1.54) is 33.4 Å². The molecule has 3 aromatic carbocycles. The van der Waals surface area contributed by atoms with Crippen LogP contribution in [0.4, 0.5) is 0 Å². The van der Waals surface area contributed by atoms with Gasteiger partial charge >= 0.3 is 35.6 Å². The fraction of sp³-hybridized carbons (Fsp3) is 0.346. The molecule has 1 N–H and O–H groups in total. The van der Waals surface area contributed by atoms with Gasteiger partial charge in [0.25, 0.3) is 0 Å². The summed E-state index contributed by atoms with van der Waals surface area (Å²) in [4.78, 5) is 0. The Morgan fingerprint density at radius 2 is 1.33 bits per heavy atom. The maximum absolute atomic E-state index is 9.99. The molecule has 0 aliphatic carbocycles. The molecule has 0 bridgehead atoms. The molecule has 3 rings (SSSR count). The Balaban J connectivity index is 0.000000294. The van der Waals surface area contributed by atoms with Gasteiger partial charge in [-0.05, 0) is 36.1 Å². The van der Waals surface area contributed by atoms with Crippen molar-refractivity contribution in [2.45, 2.75) is 61.3 Å². The van der Waals surface area contributed by atoms with Gasteiger partial charge in [0.15, 0.2) is 0 Å². The van der Waals surface area contributed by atoms with Gasteiger partial charge in [0.05, 0.1) is 0 Å². The van der Waals surface area contributed by atoms with Gasteiger partial charge in [0, 0.05) is 5.56 Å². The van der Waals surface area contributed by atoms with Crippen LogP contribution in [0.15, 0.2) is 42.5 Å². The zero-order chi connectivity index (χ0) is 23.0. The van der Waals surface area contributed by atoms with Gasteiger partial charge in [-0.15, -0.1) is 0 Å². The summed E-state index contributed by atoms with van der Waals surface area (Å²) in [5, 5.41) is 9.99. The molecule has 0 saturated heterocycles. The van der Waals surface area contributed by atoms with Crippen molar-refractivity contribution in [1.82, 2.24) is 0 Å². The van der Waals surface area contributed by atoms with E-state index in [1.54, 1.807) is 6.07 Å². The average Bonchev–Trinajstić information content (AvgIpc) is 2.88. The van der Waals surface area contributed by atoms with E-state index in [2.05, 4.69) is 60.6 Å². The molecule has 0 spiro atoms. The predicted octanol–water partition coefficient (Wildman–Crippen LogP) is 8.82. The Morgan fingerprint density at radius 1 is 0.833 bits per heavy atom. The van der Waals surface area contributed by atoms with E-state index in [0.717, 1.165) is 16.7 Å². The Labute approximate surface area is 199 Å². The number of rotatable bonds is 2. The van der Waals surface area contributed by atoms with Crippen LogP contribution >= 0.6 is 18.6 Å². The summed E-state index contributed by atoms with van der Waals surface area (Å²) in [6.07, 6.45) is 0. The molecule has 162 valence electrons. The summed E-state index contributed by atoms with van der Waals surface area (Å²) in [5.41, 5.74) is 11.8. The number of halogens is 2. The molecule has 4 heteroatoms. The fourth-order valence-electron chi connectivity index (χ4n) is 3.52. The summed E-state index contributed by atoms with van der Waals surface area (Å²) in [5.74, 6) is 0.801. The molecule has 0 fully saturated rings. The third kappa shape index (κ3) is 6.96. The number of phenols is 1. The van der Waals surface area contributed by atoms with Gasteiger partial charge in [0.2, 0.25) is 0 Å². The first-order valence-corrected chi connectivity index (χ1v) is 14.4. The van der Waals surface area contributed by atoms with Crippen LogP contribution in [0.2, 0.25) is 0 Å². The first kappa shape index (κ1) is 26.9. The second-order valence-electron chi connectivity index (χ2n) is 7.96. The van der Waals surface area contributed by atoms with E-state index in [9.17, 15) is 5.11 Å².